The maximum Gasteiger partial charge on any atom is 0.262 e. The van der Waals surface area contributed by atoms with E-state index in [1.807, 2.05) is 6.07 Å². The number of aromatic nitrogens is 2. The van der Waals surface area contributed by atoms with E-state index in [0.717, 1.165) is 12.8 Å². The van der Waals surface area contributed by atoms with Crippen LogP contribution in [0.2, 0.25) is 0 Å². The lowest BCUT2D eigenvalue weighted by Gasteiger charge is -2.16. The molecule has 7 nitrogen and oxygen atoms in total. The van der Waals surface area contributed by atoms with Crippen LogP contribution in [0.15, 0.2) is 52.4 Å². The number of phenols is 2. The number of para-hydroxylation sites is 1. The molecule has 1 saturated heterocycles. The second kappa shape index (κ2) is 8.26. The van der Waals surface area contributed by atoms with Gasteiger partial charge in [0.1, 0.15) is 0 Å². The Bertz CT molecular complexity index is 1120. The summed E-state index contributed by atoms with van der Waals surface area (Å²) in [5, 5.41) is 20.0. The second-order valence-corrected chi connectivity index (χ2v) is 7.82. The van der Waals surface area contributed by atoms with Gasteiger partial charge < -0.3 is 14.9 Å². The first kappa shape index (κ1) is 19.5. The maximum absolute atomic E-state index is 13.0. The highest BCUT2D eigenvalue weighted by Crippen LogP contribution is 2.27. The molecule has 0 bridgehead atoms. The van der Waals surface area contributed by atoms with E-state index in [2.05, 4.69) is 4.98 Å². The zero-order valence-corrected chi connectivity index (χ0v) is 16.4. The summed E-state index contributed by atoms with van der Waals surface area (Å²) in [6, 6.07) is 11.1. The minimum Gasteiger partial charge on any atom is -0.504 e. The van der Waals surface area contributed by atoms with Gasteiger partial charge >= 0.3 is 0 Å². The van der Waals surface area contributed by atoms with Crippen molar-refractivity contribution in [1.82, 2.24) is 9.55 Å². The number of fused-ring (bicyclic) bond motifs is 1. The average Bonchev–Trinajstić information content (AvgIpc) is 3.24. The number of thioether (sulfide) groups is 1. The summed E-state index contributed by atoms with van der Waals surface area (Å²) in [5.74, 6) is -0.826. The quantitative estimate of drug-likeness (QED) is 0.278. The highest BCUT2D eigenvalue weighted by atomic mass is 32.2. The van der Waals surface area contributed by atoms with Gasteiger partial charge in [-0.2, -0.15) is 0 Å². The number of Topliss-reactive ketones (excluding diaryl/α,β-unsaturated/α-hetero) is 1. The van der Waals surface area contributed by atoms with Gasteiger partial charge in [0, 0.05) is 12.2 Å². The molecule has 0 radical (unpaired) electrons. The predicted molar refractivity (Wildman–Crippen MR) is 110 cm³/mol. The van der Waals surface area contributed by atoms with E-state index in [0.29, 0.717) is 29.2 Å². The van der Waals surface area contributed by atoms with E-state index >= 15 is 0 Å². The number of ether oxygens (including phenoxy) is 1. The molecule has 0 saturated carbocycles. The number of benzene rings is 2. The normalized spacial score (nSPS) is 16.3. The van der Waals surface area contributed by atoms with Crippen LogP contribution >= 0.6 is 11.8 Å². The molecule has 2 aromatic carbocycles. The molecule has 1 aliphatic heterocycles. The Labute approximate surface area is 171 Å². The first-order chi connectivity index (χ1) is 14.0. The first-order valence-corrected chi connectivity index (χ1v) is 10.3. The molecule has 0 spiro atoms. The average molecular weight is 412 g/mol. The summed E-state index contributed by atoms with van der Waals surface area (Å²) in [6.07, 6.45) is 1.81. The van der Waals surface area contributed by atoms with Gasteiger partial charge in [0.25, 0.3) is 5.56 Å². The number of hydrogen-bond donors (Lipinski definition) is 2. The van der Waals surface area contributed by atoms with Crippen LogP contribution in [0.25, 0.3) is 10.9 Å². The van der Waals surface area contributed by atoms with E-state index in [1.54, 1.807) is 22.8 Å². The molecule has 1 fully saturated rings. The molecule has 2 N–H and O–H groups in total. The Hall–Kier alpha value is -2.84. The third-order valence-corrected chi connectivity index (χ3v) is 5.84. The van der Waals surface area contributed by atoms with Gasteiger partial charge in [0.15, 0.2) is 22.4 Å². The molecule has 2 heterocycles. The Morgan fingerprint density at radius 3 is 2.79 bits per heavy atom. The van der Waals surface area contributed by atoms with Crippen LogP contribution in [-0.2, 0) is 11.3 Å². The second-order valence-electron chi connectivity index (χ2n) is 6.88. The summed E-state index contributed by atoms with van der Waals surface area (Å²) < 4.78 is 7.27. The van der Waals surface area contributed by atoms with Crippen molar-refractivity contribution in [2.45, 2.75) is 30.6 Å². The highest BCUT2D eigenvalue weighted by Gasteiger charge is 2.21. The molecule has 4 rings (SSSR count). The van der Waals surface area contributed by atoms with Gasteiger partial charge in [-0.1, -0.05) is 23.9 Å². The zero-order chi connectivity index (χ0) is 20.4. The number of hydrogen-bond acceptors (Lipinski definition) is 7. The van der Waals surface area contributed by atoms with Crippen LogP contribution in [-0.4, -0.2) is 44.0 Å². The molecule has 1 aromatic heterocycles. The molecule has 0 unspecified atom stereocenters. The van der Waals surface area contributed by atoms with Crippen LogP contribution in [0.4, 0.5) is 0 Å². The highest BCUT2D eigenvalue weighted by molar-refractivity contribution is 7.99. The van der Waals surface area contributed by atoms with E-state index in [9.17, 15) is 19.8 Å². The van der Waals surface area contributed by atoms with E-state index < -0.39 is 0 Å². The van der Waals surface area contributed by atoms with Crippen molar-refractivity contribution < 1.29 is 19.7 Å². The van der Waals surface area contributed by atoms with Crippen molar-refractivity contribution in [3.63, 3.8) is 0 Å². The fourth-order valence-electron chi connectivity index (χ4n) is 3.32. The summed E-state index contributed by atoms with van der Waals surface area (Å²) in [5.41, 5.74) is 0.711. The minimum atomic E-state index is -0.347. The molecule has 0 amide bonds. The third-order valence-electron chi connectivity index (χ3n) is 4.87. The number of nitrogens with zero attached hydrogens (tertiary/aromatic N) is 2. The number of phenolic OH excluding ortho intramolecular Hbond substituents is 2. The Morgan fingerprint density at radius 2 is 2.03 bits per heavy atom. The van der Waals surface area contributed by atoms with Gasteiger partial charge in [-0.25, -0.2) is 4.98 Å². The van der Waals surface area contributed by atoms with E-state index in [4.69, 9.17) is 4.74 Å². The SMILES string of the molecule is O=C(CSc1nc2ccccc2c(=O)n1C[C@H]1CCCO1)c1ccc(O)c(O)c1. The standard InChI is InChI=1S/C21H20N2O5S/c24-17-8-7-13(10-18(17)25)19(26)12-29-21-22-16-6-2-1-5-15(16)20(27)23(21)11-14-4-3-9-28-14/h1-2,5-8,10,14,24-25H,3-4,9,11-12H2/t14-/m1/s1. The van der Waals surface area contributed by atoms with Crippen LogP contribution in [0.5, 0.6) is 11.5 Å². The van der Waals surface area contributed by atoms with Gasteiger partial charge in [-0.05, 0) is 43.2 Å². The number of aromatic hydroxyl groups is 2. The van der Waals surface area contributed by atoms with Crippen molar-refractivity contribution in [3.8, 4) is 11.5 Å². The van der Waals surface area contributed by atoms with Crippen molar-refractivity contribution >= 4 is 28.4 Å². The van der Waals surface area contributed by atoms with Crippen molar-refractivity contribution in [1.29, 1.82) is 0 Å². The van der Waals surface area contributed by atoms with Gasteiger partial charge in [0.2, 0.25) is 0 Å². The number of rotatable bonds is 6. The van der Waals surface area contributed by atoms with Crippen LogP contribution in [0.3, 0.4) is 0 Å². The van der Waals surface area contributed by atoms with Crippen LogP contribution < -0.4 is 5.56 Å². The van der Waals surface area contributed by atoms with Crippen LogP contribution in [0, 0.1) is 0 Å². The van der Waals surface area contributed by atoms with E-state index in [1.165, 1.54) is 30.0 Å². The maximum atomic E-state index is 13.0. The molecule has 29 heavy (non-hydrogen) atoms. The monoisotopic (exact) mass is 412 g/mol. The number of carbonyl (C=O) groups is 1. The predicted octanol–water partition coefficient (Wildman–Crippen LogP) is 2.96. The summed E-state index contributed by atoms with van der Waals surface area (Å²) in [6.45, 7) is 1.08. The minimum absolute atomic E-state index is 0.0419. The molecule has 8 heteroatoms. The lowest BCUT2D eigenvalue weighted by Crippen LogP contribution is -2.29. The number of carbonyl (C=O) groups excluding carboxylic acids is 1. The van der Waals surface area contributed by atoms with Crippen molar-refractivity contribution in [2.75, 3.05) is 12.4 Å². The van der Waals surface area contributed by atoms with E-state index in [-0.39, 0.29) is 40.3 Å². The molecule has 0 aliphatic carbocycles. The van der Waals surface area contributed by atoms with Gasteiger partial charge in [-0.15, -0.1) is 0 Å². The molecular formula is C21H20N2O5S. The fourth-order valence-corrected chi connectivity index (χ4v) is 4.22. The number of ketones is 1. The summed E-state index contributed by atoms with van der Waals surface area (Å²) in [7, 11) is 0. The van der Waals surface area contributed by atoms with Gasteiger partial charge in [0.05, 0.1) is 29.3 Å². The Morgan fingerprint density at radius 1 is 1.21 bits per heavy atom. The smallest absolute Gasteiger partial charge is 0.262 e. The summed E-state index contributed by atoms with van der Waals surface area (Å²) >= 11 is 1.18. The molecule has 1 aliphatic rings. The molecule has 1 atom stereocenters. The van der Waals surface area contributed by atoms with Gasteiger partial charge in [-0.3, -0.25) is 14.2 Å². The topological polar surface area (TPSA) is 102 Å². The van der Waals surface area contributed by atoms with Crippen molar-refractivity contribution in [2.24, 2.45) is 0 Å². The largest absolute Gasteiger partial charge is 0.504 e. The fraction of sp³-hybridized carbons (Fsp3) is 0.286. The Kier molecular flexibility index (Phi) is 5.55. The lowest BCUT2D eigenvalue weighted by molar-refractivity contribution is 0.0937. The summed E-state index contributed by atoms with van der Waals surface area (Å²) in [4.78, 5) is 30.2. The molecule has 150 valence electrons. The Balaban J connectivity index is 1.63. The molecular weight excluding hydrogens is 392 g/mol. The lowest BCUT2D eigenvalue weighted by atomic mass is 10.1. The zero-order valence-electron chi connectivity index (χ0n) is 15.6. The van der Waals surface area contributed by atoms with Crippen LogP contribution in [0.1, 0.15) is 23.2 Å². The third kappa shape index (κ3) is 4.13. The first-order valence-electron chi connectivity index (χ1n) is 9.32. The van der Waals surface area contributed by atoms with Crippen molar-refractivity contribution in [3.05, 3.63) is 58.4 Å². The molecule has 3 aromatic rings.